The minimum atomic E-state index is -4.54. The first-order valence-electron chi connectivity index (χ1n) is 12.3. The van der Waals surface area contributed by atoms with E-state index in [-0.39, 0.29) is 17.4 Å². The van der Waals surface area contributed by atoms with E-state index in [1.54, 1.807) is 4.90 Å². The molecule has 3 heterocycles. The molecule has 2 aromatic rings. The number of unbranched alkanes of at least 4 members (excludes halogenated alkanes) is 1. The normalized spacial score (nSPS) is 18.9. The number of aromatic nitrogens is 1. The van der Waals surface area contributed by atoms with Crippen LogP contribution in [0.3, 0.4) is 0 Å². The largest absolute Gasteiger partial charge is 0.496 e. The number of nitrogens with one attached hydrogen (secondary N) is 1. The summed E-state index contributed by atoms with van der Waals surface area (Å²) in [6.07, 6.45) is 0.850. The van der Waals surface area contributed by atoms with Gasteiger partial charge in [0.05, 0.1) is 18.8 Å². The van der Waals surface area contributed by atoms with E-state index in [0.717, 1.165) is 62.3 Å². The number of halogens is 3. The molecule has 7 nitrogen and oxygen atoms in total. The van der Waals surface area contributed by atoms with E-state index in [9.17, 15) is 23.1 Å². The van der Waals surface area contributed by atoms with E-state index in [2.05, 4.69) is 17.4 Å². The van der Waals surface area contributed by atoms with Gasteiger partial charge in [0.15, 0.2) is 0 Å². The number of carboxylic acids is 1. The molecule has 0 amide bonds. The third kappa shape index (κ3) is 6.28. The fraction of sp³-hybridized carbons (Fsp3) is 0.538. The van der Waals surface area contributed by atoms with E-state index >= 15 is 0 Å². The van der Waals surface area contributed by atoms with Crippen LogP contribution in [0.4, 0.5) is 19.0 Å². The molecule has 0 bridgehead atoms. The second kappa shape index (κ2) is 11.5. The lowest BCUT2D eigenvalue weighted by Gasteiger charge is -2.26. The molecule has 0 saturated carbocycles. The van der Waals surface area contributed by atoms with Gasteiger partial charge in [0.1, 0.15) is 17.6 Å². The number of likely N-dealkylation sites (tertiary alicyclic amines) is 1. The molecule has 1 fully saturated rings. The fourth-order valence-corrected chi connectivity index (χ4v) is 4.89. The van der Waals surface area contributed by atoms with Crippen LogP contribution in [0.15, 0.2) is 30.3 Å². The Morgan fingerprint density at radius 2 is 2.11 bits per heavy atom. The summed E-state index contributed by atoms with van der Waals surface area (Å²) in [5, 5.41) is 13.2. The molecule has 0 spiro atoms. The number of carboxylic acid groups (broad SMARTS) is 1. The molecule has 196 valence electrons. The van der Waals surface area contributed by atoms with Gasteiger partial charge in [-0.2, -0.15) is 13.2 Å². The van der Waals surface area contributed by atoms with Gasteiger partial charge < -0.3 is 19.9 Å². The zero-order chi connectivity index (χ0) is 25.7. The average Bonchev–Trinajstić information content (AvgIpc) is 3.31. The van der Waals surface area contributed by atoms with Gasteiger partial charge >= 0.3 is 12.1 Å². The van der Waals surface area contributed by atoms with Crippen molar-refractivity contribution >= 4 is 11.8 Å². The highest BCUT2D eigenvalue weighted by atomic mass is 19.4. The van der Waals surface area contributed by atoms with Gasteiger partial charge in [-0.1, -0.05) is 12.1 Å². The molecular weight excluding hydrogens is 475 g/mol. The molecule has 0 radical (unpaired) electrons. The Morgan fingerprint density at radius 1 is 1.28 bits per heavy atom. The molecule has 2 N–H and O–H groups in total. The first kappa shape index (κ1) is 26.2. The predicted molar refractivity (Wildman–Crippen MR) is 128 cm³/mol. The Balaban J connectivity index is 1.27. The van der Waals surface area contributed by atoms with Crippen molar-refractivity contribution in [2.24, 2.45) is 0 Å². The molecule has 10 heteroatoms. The second-order valence-electron chi connectivity index (χ2n) is 9.27. The van der Waals surface area contributed by atoms with Crippen LogP contribution in [0.25, 0.3) is 0 Å². The number of aliphatic carboxylic acids is 1. The number of pyridine rings is 1. The predicted octanol–water partition coefficient (Wildman–Crippen LogP) is 4.71. The van der Waals surface area contributed by atoms with Gasteiger partial charge in [0.2, 0.25) is 0 Å². The number of ether oxygens (including phenoxy) is 2. The molecule has 2 atom stereocenters. The highest BCUT2D eigenvalue weighted by Gasteiger charge is 2.37. The molecule has 0 unspecified atom stereocenters. The molecular formula is C26H32F3N3O4. The number of methoxy groups -OCH3 is 1. The van der Waals surface area contributed by atoms with Crippen molar-refractivity contribution in [3.63, 3.8) is 0 Å². The highest BCUT2D eigenvalue weighted by Crippen LogP contribution is 2.37. The summed E-state index contributed by atoms with van der Waals surface area (Å²) in [7, 11) is 1.24. The van der Waals surface area contributed by atoms with Crippen molar-refractivity contribution in [2.45, 2.75) is 56.8 Å². The van der Waals surface area contributed by atoms with Crippen LogP contribution in [-0.2, 0) is 28.5 Å². The van der Waals surface area contributed by atoms with Crippen molar-refractivity contribution in [2.75, 3.05) is 38.7 Å². The van der Waals surface area contributed by atoms with Gasteiger partial charge in [-0.25, -0.2) is 4.98 Å². The summed E-state index contributed by atoms with van der Waals surface area (Å²) in [5.41, 5.74) is 1.65. The number of carbonyl (C=O) groups is 1. The molecule has 2 aliphatic heterocycles. The van der Waals surface area contributed by atoms with Gasteiger partial charge in [-0.3, -0.25) is 9.69 Å². The Hall–Kier alpha value is -2.85. The Kier molecular flexibility index (Phi) is 8.35. The summed E-state index contributed by atoms with van der Waals surface area (Å²) in [6.45, 7) is 2.38. The zero-order valence-corrected chi connectivity index (χ0v) is 20.3. The Morgan fingerprint density at radius 3 is 2.86 bits per heavy atom. The van der Waals surface area contributed by atoms with Crippen LogP contribution in [-0.4, -0.2) is 60.4 Å². The van der Waals surface area contributed by atoms with Crippen molar-refractivity contribution < 1.29 is 32.5 Å². The highest BCUT2D eigenvalue weighted by molar-refractivity contribution is 5.77. The molecule has 1 aromatic heterocycles. The second-order valence-corrected chi connectivity index (χ2v) is 9.27. The van der Waals surface area contributed by atoms with Gasteiger partial charge in [-0.05, 0) is 62.3 Å². The quantitative estimate of drug-likeness (QED) is 0.451. The first-order chi connectivity index (χ1) is 17.3. The lowest BCUT2D eigenvalue weighted by molar-refractivity contribution is -0.143. The van der Waals surface area contributed by atoms with E-state index in [0.29, 0.717) is 26.1 Å². The smallest absolute Gasteiger partial charge is 0.416 e. The SMILES string of the molecule is COc1cc(C(F)(F)F)ccc1[C@@H](C(=O)O)N1CC[C@@H](OCCCCc2ccc3c(n2)NCCC3)C1. The Bertz CT molecular complexity index is 1060. The number of benzene rings is 1. The maximum atomic E-state index is 13.1. The number of hydrogen-bond donors (Lipinski definition) is 2. The van der Waals surface area contributed by atoms with Crippen LogP contribution in [0.2, 0.25) is 0 Å². The van der Waals surface area contributed by atoms with Crippen molar-refractivity contribution in [1.82, 2.24) is 9.88 Å². The first-order valence-corrected chi connectivity index (χ1v) is 12.3. The van der Waals surface area contributed by atoms with E-state index in [4.69, 9.17) is 14.5 Å². The number of hydrogen-bond acceptors (Lipinski definition) is 6. The maximum Gasteiger partial charge on any atom is 0.416 e. The molecule has 2 aliphatic rings. The van der Waals surface area contributed by atoms with Crippen molar-refractivity contribution in [3.05, 3.63) is 52.7 Å². The van der Waals surface area contributed by atoms with Gasteiger partial charge in [-0.15, -0.1) is 0 Å². The minimum absolute atomic E-state index is 0.0902. The van der Waals surface area contributed by atoms with Crippen molar-refractivity contribution in [3.8, 4) is 5.75 Å². The molecule has 1 aromatic carbocycles. The summed E-state index contributed by atoms with van der Waals surface area (Å²) >= 11 is 0. The monoisotopic (exact) mass is 507 g/mol. The van der Waals surface area contributed by atoms with Crippen LogP contribution < -0.4 is 10.1 Å². The molecule has 36 heavy (non-hydrogen) atoms. The van der Waals surface area contributed by atoms with Crippen molar-refractivity contribution in [1.29, 1.82) is 0 Å². The van der Waals surface area contributed by atoms with Crippen LogP contribution in [0.1, 0.15) is 54.1 Å². The standard InChI is InChI=1S/C26H32F3N3O4/c1-35-22-15-18(26(27,28)29)8-10-21(22)23(25(33)34)32-13-11-20(16-32)36-14-3-2-6-19-9-7-17-5-4-12-30-24(17)31-19/h7-10,15,20,23H,2-6,11-14,16H2,1H3,(H,30,31)(H,33,34)/t20-,23+/m1/s1. The summed E-state index contributed by atoms with van der Waals surface area (Å²) in [4.78, 5) is 18.5. The number of rotatable bonds is 10. The van der Waals surface area contributed by atoms with Gasteiger partial charge in [0, 0.05) is 37.5 Å². The number of anilines is 1. The third-order valence-corrected chi connectivity index (χ3v) is 6.76. The van der Waals surface area contributed by atoms with Gasteiger partial charge in [0.25, 0.3) is 0 Å². The molecule has 1 saturated heterocycles. The number of fused-ring (bicyclic) bond motifs is 1. The van der Waals surface area contributed by atoms with Crippen LogP contribution in [0.5, 0.6) is 5.75 Å². The lowest BCUT2D eigenvalue weighted by atomic mass is 10.0. The Labute approximate surface area is 208 Å². The minimum Gasteiger partial charge on any atom is -0.496 e. The lowest BCUT2D eigenvalue weighted by Crippen LogP contribution is -2.33. The fourth-order valence-electron chi connectivity index (χ4n) is 4.89. The topological polar surface area (TPSA) is 83.9 Å². The number of alkyl halides is 3. The number of aryl methyl sites for hydroxylation is 2. The summed E-state index contributed by atoms with van der Waals surface area (Å²) < 4.78 is 50.4. The van der Waals surface area contributed by atoms with E-state index < -0.39 is 23.8 Å². The van der Waals surface area contributed by atoms with E-state index in [1.165, 1.54) is 18.7 Å². The summed E-state index contributed by atoms with van der Waals surface area (Å²) in [6, 6.07) is 6.06. The zero-order valence-electron chi connectivity index (χ0n) is 20.3. The van der Waals surface area contributed by atoms with Crippen LogP contribution in [0, 0.1) is 0 Å². The third-order valence-electron chi connectivity index (χ3n) is 6.76. The molecule has 4 rings (SSSR count). The molecule has 0 aliphatic carbocycles. The number of nitrogens with zero attached hydrogens (tertiary/aromatic N) is 2. The maximum absolute atomic E-state index is 13.1. The average molecular weight is 508 g/mol. The summed E-state index contributed by atoms with van der Waals surface area (Å²) in [5.74, 6) is -0.230. The van der Waals surface area contributed by atoms with Crippen LogP contribution >= 0.6 is 0 Å². The van der Waals surface area contributed by atoms with E-state index in [1.807, 2.05) is 0 Å².